The van der Waals surface area contributed by atoms with E-state index < -0.39 is 0 Å². The molecular weight excluding hydrogens is 212 g/mol. The SMILES string of the molecule is CC1=C2C(=O)c3c(C)coc3C[C@@]2(C)[C@@H]2C[C@@H]12. The lowest BCUT2D eigenvalue weighted by molar-refractivity contribution is 0.0978. The van der Waals surface area contributed by atoms with Gasteiger partial charge in [-0.15, -0.1) is 0 Å². The van der Waals surface area contributed by atoms with Crippen molar-refractivity contribution >= 4 is 5.78 Å². The predicted octanol–water partition coefficient (Wildman–Crippen LogP) is 3.30. The van der Waals surface area contributed by atoms with Crippen molar-refractivity contribution in [2.75, 3.05) is 0 Å². The summed E-state index contributed by atoms with van der Waals surface area (Å²) < 4.78 is 5.59. The van der Waals surface area contributed by atoms with Gasteiger partial charge in [-0.05, 0) is 37.7 Å². The van der Waals surface area contributed by atoms with Gasteiger partial charge in [-0.2, -0.15) is 0 Å². The molecule has 1 aromatic heterocycles. The second-order valence-electron chi connectivity index (χ2n) is 6.15. The molecule has 2 nitrogen and oxygen atoms in total. The van der Waals surface area contributed by atoms with Crippen LogP contribution in [0.15, 0.2) is 21.8 Å². The summed E-state index contributed by atoms with van der Waals surface area (Å²) in [5, 5.41) is 0. The Bertz CT molecular complexity index is 590. The van der Waals surface area contributed by atoms with E-state index in [4.69, 9.17) is 4.42 Å². The molecule has 1 saturated carbocycles. The topological polar surface area (TPSA) is 30.2 Å². The molecule has 17 heavy (non-hydrogen) atoms. The monoisotopic (exact) mass is 228 g/mol. The van der Waals surface area contributed by atoms with Gasteiger partial charge in [0.15, 0.2) is 5.78 Å². The molecule has 4 rings (SSSR count). The highest BCUT2D eigenvalue weighted by Gasteiger charge is 2.62. The van der Waals surface area contributed by atoms with Crippen LogP contribution < -0.4 is 0 Å². The molecule has 0 spiro atoms. The van der Waals surface area contributed by atoms with Crippen LogP contribution >= 0.6 is 0 Å². The van der Waals surface area contributed by atoms with E-state index in [2.05, 4.69) is 13.8 Å². The lowest BCUT2D eigenvalue weighted by Gasteiger charge is -2.33. The Hall–Kier alpha value is -1.31. The molecule has 0 radical (unpaired) electrons. The molecule has 0 saturated heterocycles. The van der Waals surface area contributed by atoms with Crippen LogP contribution in [0.25, 0.3) is 0 Å². The molecule has 3 aliphatic rings. The Balaban J connectivity index is 1.99. The van der Waals surface area contributed by atoms with Crippen molar-refractivity contribution < 1.29 is 9.21 Å². The fraction of sp³-hybridized carbons (Fsp3) is 0.533. The van der Waals surface area contributed by atoms with Crippen molar-refractivity contribution in [3.05, 3.63) is 34.3 Å². The maximum absolute atomic E-state index is 12.6. The molecule has 88 valence electrons. The standard InChI is InChI=1S/C15H16O2/c1-7-6-17-11-5-15(3)10-4-9(10)8(2)13(15)14(16)12(7)11/h6,9-10H,4-5H2,1-3H3/t9-,10+,15-/m0/s1. The van der Waals surface area contributed by atoms with Crippen LogP contribution in [0.3, 0.4) is 0 Å². The molecule has 0 aromatic carbocycles. The molecule has 3 aliphatic carbocycles. The zero-order valence-corrected chi connectivity index (χ0v) is 10.5. The third-order valence-corrected chi connectivity index (χ3v) is 5.16. The van der Waals surface area contributed by atoms with Gasteiger partial charge in [0.05, 0.1) is 11.8 Å². The first-order chi connectivity index (χ1) is 8.04. The van der Waals surface area contributed by atoms with E-state index in [9.17, 15) is 4.79 Å². The first-order valence-corrected chi connectivity index (χ1v) is 6.37. The molecule has 0 bridgehead atoms. The lowest BCUT2D eigenvalue weighted by Crippen LogP contribution is -2.33. The van der Waals surface area contributed by atoms with E-state index >= 15 is 0 Å². The normalized spacial score (nSPS) is 37.9. The van der Waals surface area contributed by atoms with Crippen molar-refractivity contribution in [3.8, 4) is 0 Å². The van der Waals surface area contributed by atoms with Crippen molar-refractivity contribution in [3.63, 3.8) is 0 Å². The maximum atomic E-state index is 12.6. The summed E-state index contributed by atoms with van der Waals surface area (Å²) in [6.07, 6.45) is 3.91. The van der Waals surface area contributed by atoms with E-state index in [1.54, 1.807) is 6.26 Å². The number of carbonyl (C=O) groups excluding carboxylic acids is 1. The number of hydrogen-bond donors (Lipinski definition) is 0. The quantitative estimate of drug-likeness (QED) is 0.682. The Morgan fingerprint density at radius 1 is 1.41 bits per heavy atom. The Kier molecular flexibility index (Phi) is 1.47. The van der Waals surface area contributed by atoms with Crippen molar-refractivity contribution in [1.82, 2.24) is 0 Å². The second kappa shape index (κ2) is 2.58. The smallest absolute Gasteiger partial charge is 0.193 e. The molecule has 1 fully saturated rings. The van der Waals surface area contributed by atoms with Crippen LogP contribution in [0, 0.1) is 24.2 Å². The number of fused-ring (bicyclic) bond motifs is 4. The molecule has 3 atom stereocenters. The van der Waals surface area contributed by atoms with Crippen LogP contribution in [-0.2, 0) is 6.42 Å². The van der Waals surface area contributed by atoms with Gasteiger partial charge in [0, 0.05) is 17.4 Å². The zero-order chi connectivity index (χ0) is 11.9. The number of hydrogen-bond acceptors (Lipinski definition) is 2. The summed E-state index contributed by atoms with van der Waals surface area (Å²) in [5.74, 6) is 2.53. The van der Waals surface area contributed by atoms with Gasteiger partial charge in [0.1, 0.15) is 5.76 Å². The first kappa shape index (κ1) is 9.69. The number of Topliss-reactive ketones (excluding diaryl/α,β-unsaturated/α-hetero) is 1. The van der Waals surface area contributed by atoms with E-state index in [1.807, 2.05) is 6.92 Å². The third-order valence-electron chi connectivity index (χ3n) is 5.16. The predicted molar refractivity (Wildman–Crippen MR) is 63.9 cm³/mol. The summed E-state index contributed by atoms with van der Waals surface area (Å²) in [7, 11) is 0. The van der Waals surface area contributed by atoms with Gasteiger partial charge in [0.2, 0.25) is 0 Å². The first-order valence-electron chi connectivity index (χ1n) is 6.37. The molecule has 1 heterocycles. The summed E-state index contributed by atoms with van der Waals surface area (Å²) in [6, 6.07) is 0. The highest BCUT2D eigenvalue weighted by molar-refractivity contribution is 6.13. The van der Waals surface area contributed by atoms with Crippen LogP contribution in [-0.4, -0.2) is 5.78 Å². The fourth-order valence-corrected chi connectivity index (χ4v) is 4.25. The van der Waals surface area contributed by atoms with Crippen molar-refractivity contribution in [1.29, 1.82) is 0 Å². The van der Waals surface area contributed by atoms with Gasteiger partial charge >= 0.3 is 0 Å². The van der Waals surface area contributed by atoms with Crippen LogP contribution in [0.5, 0.6) is 0 Å². The highest BCUT2D eigenvalue weighted by Crippen LogP contribution is 2.67. The molecule has 0 aliphatic heterocycles. The van der Waals surface area contributed by atoms with E-state index in [0.717, 1.165) is 28.9 Å². The summed E-state index contributed by atoms with van der Waals surface area (Å²) in [4.78, 5) is 12.6. The summed E-state index contributed by atoms with van der Waals surface area (Å²) in [6.45, 7) is 6.38. The Morgan fingerprint density at radius 3 is 2.94 bits per heavy atom. The van der Waals surface area contributed by atoms with Crippen molar-refractivity contribution in [2.45, 2.75) is 33.6 Å². The molecule has 0 N–H and O–H groups in total. The van der Waals surface area contributed by atoms with Crippen LogP contribution in [0.1, 0.15) is 41.9 Å². The van der Waals surface area contributed by atoms with E-state index in [0.29, 0.717) is 11.8 Å². The molecule has 0 amide bonds. The maximum Gasteiger partial charge on any atom is 0.193 e. The minimum Gasteiger partial charge on any atom is -0.468 e. The fourth-order valence-electron chi connectivity index (χ4n) is 4.25. The minimum absolute atomic E-state index is 0.0587. The number of carbonyl (C=O) groups is 1. The molecule has 2 heteroatoms. The van der Waals surface area contributed by atoms with Crippen LogP contribution in [0.2, 0.25) is 0 Å². The second-order valence-corrected chi connectivity index (χ2v) is 6.15. The number of ketones is 1. The zero-order valence-electron chi connectivity index (χ0n) is 10.5. The van der Waals surface area contributed by atoms with Gasteiger partial charge < -0.3 is 4.42 Å². The molecular formula is C15H16O2. The van der Waals surface area contributed by atoms with Gasteiger partial charge in [0.25, 0.3) is 0 Å². The highest BCUT2D eigenvalue weighted by atomic mass is 16.3. The Labute approximate surface area is 101 Å². The number of furan rings is 1. The number of aryl methyl sites for hydroxylation is 1. The average Bonchev–Trinajstić information content (AvgIpc) is 2.94. The number of rotatable bonds is 0. The summed E-state index contributed by atoms with van der Waals surface area (Å²) in [5.41, 5.74) is 4.36. The van der Waals surface area contributed by atoms with E-state index in [1.165, 1.54) is 12.0 Å². The van der Waals surface area contributed by atoms with E-state index in [-0.39, 0.29) is 11.2 Å². The lowest BCUT2D eigenvalue weighted by atomic mass is 9.68. The van der Waals surface area contributed by atoms with Gasteiger partial charge in [-0.1, -0.05) is 12.5 Å². The summed E-state index contributed by atoms with van der Waals surface area (Å²) >= 11 is 0. The Morgan fingerprint density at radius 2 is 2.18 bits per heavy atom. The molecule has 1 aromatic rings. The minimum atomic E-state index is 0.0587. The average molecular weight is 228 g/mol. The van der Waals surface area contributed by atoms with Gasteiger partial charge in [-0.3, -0.25) is 4.79 Å². The largest absolute Gasteiger partial charge is 0.468 e. The van der Waals surface area contributed by atoms with Gasteiger partial charge in [-0.25, -0.2) is 0 Å². The number of allylic oxidation sites excluding steroid dienone is 2. The molecule has 0 unspecified atom stereocenters. The van der Waals surface area contributed by atoms with Crippen molar-refractivity contribution in [2.24, 2.45) is 17.3 Å². The van der Waals surface area contributed by atoms with Crippen LogP contribution in [0.4, 0.5) is 0 Å². The third kappa shape index (κ3) is 0.921.